The molecule has 20 rings (SSSR count). The molecule has 0 atom stereocenters. The summed E-state index contributed by atoms with van der Waals surface area (Å²) in [5, 5.41) is 25.9. The Balaban J connectivity index is 0.000000115. The maximum absolute atomic E-state index is 13.3. The minimum Gasteiger partial charge on any atom is -0.497 e. The van der Waals surface area contributed by atoms with Crippen LogP contribution >= 0.6 is 0 Å². The predicted molar refractivity (Wildman–Crippen MR) is 415 cm³/mol. The fourth-order valence-corrected chi connectivity index (χ4v) is 12.2. The van der Waals surface area contributed by atoms with E-state index < -0.39 is 64.9 Å². The summed E-state index contributed by atoms with van der Waals surface area (Å²) in [6.07, 6.45) is 0.403. The van der Waals surface area contributed by atoms with Crippen molar-refractivity contribution in [2.75, 3.05) is 47.9 Å². The number of imidazole rings is 5. The van der Waals surface area contributed by atoms with Crippen LogP contribution in [0.2, 0.25) is 0 Å². The third-order valence-electron chi connectivity index (χ3n) is 19.1. The minimum absolute atomic E-state index is 0.0204. The van der Waals surface area contributed by atoms with Crippen LogP contribution in [0.3, 0.4) is 0 Å². The first kappa shape index (κ1) is 84.0. The van der Waals surface area contributed by atoms with Crippen molar-refractivity contribution in [2.24, 2.45) is 0 Å². The summed E-state index contributed by atoms with van der Waals surface area (Å²) in [4.78, 5) is 79.8. The summed E-state index contributed by atoms with van der Waals surface area (Å²) in [7, 11) is 4.46. The van der Waals surface area contributed by atoms with Crippen LogP contribution in [0.5, 0.6) is 17.4 Å². The van der Waals surface area contributed by atoms with Crippen molar-refractivity contribution in [3.63, 3.8) is 0 Å². The molecule has 125 heavy (non-hydrogen) atoms. The van der Waals surface area contributed by atoms with Gasteiger partial charge in [0.05, 0.1) is 74.3 Å². The van der Waals surface area contributed by atoms with Crippen LogP contribution in [0.25, 0.3) is 78.6 Å². The number of methoxy groups -OCH3 is 3. The average Bonchev–Trinajstić information content (AvgIpc) is 1.68. The Labute approximate surface area is 691 Å². The van der Waals surface area contributed by atoms with Crippen molar-refractivity contribution in [3.8, 4) is 40.1 Å². The fraction of sp³-hybridized carbons (Fsp3) is 0.316. The Morgan fingerprint density at radius 3 is 1.14 bits per heavy atom. The number of halogens is 15. The van der Waals surface area contributed by atoms with Crippen LogP contribution in [0.4, 0.5) is 101 Å². The van der Waals surface area contributed by atoms with Crippen LogP contribution in [-0.2, 0) is 37.4 Å². The predicted octanol–water partition coefficient (Wildman–Crippen LogP) is 15.2. The number of aromatic nitrogens is 23. The number of ether oxygens (including phenoxy) is 3. The number of non-ortho nitro benzene ring substituents is 1. The first-order valence-corrected chi connectivity index (χ1v) is 37.9. The van der Waals surface area contributed by atoms with Crippen molar-refractivity contribution in [3.05, 3.63) is 186 Å². The molecular formula is C76H64F15N29O5. The monoisotopic (exact) mass is 1750 g/mol. The lowest BCUT2D eigenvalue weighted by Gasteiger charge is -2.13. The van der Waals surface area contributed by atoms with Gasteiger partial charge in [0.2, 0.25) is 35.0 Å². The maximum Gasteiger partial charge on any atom is 0.451 e. The number of nitrogens with one attached hydrogen (secondary N) is 5. The molecule has 13 aromatic heterocycles. The van der Waals surface area contributed by atoms with Crippen LogP contribution < -0.4 is 40.8 Å². The van der Waals surface area contributed by atoms with Gasteiger partial charge in [-0.05, 0) is 112 Å². The molecule has 0 amide bonds. The number of fused-ring (bicyclic) bond motifs is 5. The molecule has 0 unspecified atom stereocenters. The number of hydrogen-bond donors (Lipinski definition) is 5. The van der Waals surface area contributed by atoms with Gasteiger partial charge in [0, 0.05) is 73.1 Å². The van der Waals surface area contributed by atoms with Crippen molar-refractivity contribution in [1.82, 2.24) is 113 Å². The molecule has 0 saturated heterocycles. The van der Waals surface area contributed by atoms with Gasteiger partial charge in [-0.2, -0.15) is 65.9 Å². The molecule has 2 aromatic carbocycles. The Bertz CT molecular complexity index is 6300. The van der Waals surface area contributed by atoms with Gasteiger partial charge in [-0.1, -0.05) is 12.1 Å². The quantitative estimate of drug-likeness (QED) is 0.0269. The molecule has 0 radical (unpaired) electrons. The number of anilines is 5. The molecule has 13 heterocycles. The van der Waals surface area contributed by atoms with Gasteiger partial charge >= 0.3 is 30.9 Å². The smallest absolute Gasteiger partial charge is 0.451 e. The van der Waals surface area contributed by atoms with Crippen LogP contribution in [-0.4, -0.2) is 169 Å². The van der Waals surface area contributed by atoms with E-state index in [9.17, 15) is 76.0 Å². The Kier molecular flexibility index (Phi) is 22.6. The van der Waals surface area contributed by atoms with Crippen LogP contribution in [0.15, 0.2) is 141 Å². The van der Waals surface area contributed by atoms with E-state index in [0.717, 1.165) is 64.2 Å². The van der Waals surface area contributed by atoms with E-state index >= 15 is 0 Å². The molecule has 49 heteroatoms. The Morgan fingerprint density at radius 2 is 0.776 bits per heavy atom. The number of nitro benzene ring substituents is 1. The zero-order chi connectivity index (χ0) is 88.0. The molecule has 5 saturated carbocycles. The topological polar surface area (TPSA) is 388 Å². The molecule has 5 aliphatic rings. The fourth-order valence-electron chi connectivity index (χ4n) is 12.2. The summed E-state index contributed by atoms with van der Waals surface area (Å²) < 4.78 is 220. The van der Waals surface area contributed by atoms with Gasteiger partial charge in [-0.25, -0.2) is 79.7 Å². The lowest BCUT2D eigenvalue weighted by molar-refractivity contribution is -0.384. The number of alkyl halides is 15. The molecule has 0 spiro atoms. The summed E-state index contributed by atoms with van der Waals surface area (Å²) in [6, 6.07) is 21.5. The van der Waals surface area contributed by atoms with E-state index in [4.69, 9.17) is 14.2 Å². The van der Waals surface area contributed by atoms with Gasteiger partial charge in [0.25, 0.3) is 5.69 Å². The highest BCUT2D eigenvalue weighted by molar-refractivity contribution is 5.88. The van der Waals surface area contributed by atoms with E-state index in [0.29, 0.717) is 56.7 Å². The average molecular weight is 1750 g/mol. The van der Waals surface area contributed by atoms with Crippen molar-refractivity contribution in [1.29, 1.82) is 0 Å². The van der Waals surface area contributed by atoms with Gasteiger partial charge in [0.15, 0.2) is 79.4 Å². The third-order valence-corrected chi connectivity index (χ3v) is 19.1. The second-order valence-electron chi connectivity index (χ2n) is 28.7. The molecule has 5 fully saturated rings. The molecule has 648 valence electrons. The summed E-state index contributed by atoms with van der Waals surface area (Å²) >= 11 is 0. The minimum atomic E-state index is -4.70. The number of nitro groups is 1. The van der Waals surface area contributed by atoms with E-state index in [1.54, 1.807) is 79.3 Å². The van der Waals surface area contributed by atoms with Gasteiger partial charge < -0.3 is 45.4 Å². The van der Waals surface area contributed by atoms with Crippen molar-refractivity contribution < 1.29 is 85.0 Å². The molecule has 0 bridgehead atoms. The van der Waals surface area contributed by atoms with E-state index in [1.165, 1.54) is 106 Å². The molecule has 0 aliphatic heterocycles. The summed E-state index contributed by atoms with van der Waals surface area (Å²) in [5.74, 6) is -4.19. The SMILES string of the molecule is COc1ccc(-n2cnc3c(NC4CC4)nc(C(F)(F)F)nc32)c(OC)c1.COc1ccc(-n2cnc3c(NC4CC4)nc(C(F)(F)F)nc32)cn1.FC(F)(F)c1nc(NC2CC2)c2ncn(-c3cccnc3)c2n1.FC(F)(F)c1nc(NC2CC2)c2ncn(-c3ccncc3)c2n1.O=[N+]([O-])c1cccc(Cn2cnc3c(NC4CC4)nc(C(F)(F)F)nc32)c1. The number of nitrogens with zero attached hydrogens (tertiary/aromatic N) is 24. The van der Waals surface area contributed by atoms with Crippen molar-refractivity contribution >= 4 is 90.6 Å². The van der Waals surface area contributed by atoms with Crippen LogP contribution in [0.1, 0.15) is 98.9 Å². The Hall–Kier alpha value is -14.6. The molecule has 15 aromatic rings. The first-order valence-electron chi connectivity index (χ1n) is 37.9. The molecular weight excluding hydrogens is 1680 g/mol. The lowest BCUT2D eigenvalue weighted by Crippen LogP contribution is -2.15. The van der Waals surface area contributed by atoms with Gasteiger partial charge in [-0.3, -0.25) is 38.4 Å². The molecule has 5 N–H and O–H groups in total. The normalized spacial score (nSPS) is 14.7. The maximum atomic E-state index is 13.3. The lowest BCUT2D eigenvalue weighted by atomic mass is 10.2. The largest absolute Gasteiger partial charge is 0.497 e. The molecule has 34 nitrogen and oxygen atoms in total. The first-order chi connectivity index (χ1) is 59.7. The van der Waals surface area contributed by atoms with E-state index in [-0.39, 0.29) is 116 Å². The Morgan fingerprint density at radius 1 is 0.384 bits per heavy atom. The highest BCUT2D eigenvalue weighted by Gasteiger charge is 2.43. The van der Waals surface area contributed by atoms with Crippen molar-refractivity contribution in [2.45, 2.75) is 132 Å². The second-order valence-corrected chi connectivity index (χ2v) is 28.7. The number of benzene rings is 2. The second kappa shape index (κ2) is 33.7. The highest BCUT2D eigenvalue weighted by Crippen LogP contribution is 2.41. The standard InChI is InChI=1S/C17H16F3N5O2.C16H13F3N6O2.C15H13F3N6O.2C14H11F3N6/c1-26-10-5-6-11(12(7-10)27-2)25-8-21-13-14(22-9-3-4-9)23-16(17(18,19)20)24-15(13)25;17-16(18,19)15-22-13(21-10-4-5-10)12-14(23-15)24(8-20-12)7-9-2-1-3-11(6-9)25(26)27;1-25-10-5-4-9(6-19-10)24-7-20-11-12(21-8-2-3-8)22-14(15(16,17)18)23-13(11)24;15-14(16,17)13-21-11(20-8-1-2-8)10-12(22-13)23(7-19-10)9-3-5-18-6-4-9;15-14(16,17)13-21-11(20-8-3-4-8)10-12(22-13)23(7-19-10)9-2-1-5-18-6-9/h5-9H,3-4H2,1-2H3,(H,22,23,24);1-3,6,8,10H,4-5,7H2,(H,21,22,23);4-8H,2-3H2,1H3,(H,21,22,23);3-8H,1-2H2,(H,20,21,22);1-2,5-8H,3-4H2,(H,20,21,22). The summed E-state index contributed by atoms with van der Waals surface area (Å²) in [6.45, 7) is 0.0926. The number of hydrogen-bond acceptors (Lipinski definition) is 28. The van der Waals surface area contributed by atoms with Crippen LogP contribution in [0, 0.1) is 10.1 Å². The third kappa shape index (κ3) is 19.5. The van der Waals surface area contributed by atoms with E-state index in [2.05, 4.69) is 116 Å². The summed E-state index contributed by atoms with van der Waals surface area (Å²) in [5.41, 5.74) is 4.45. The zero-order valence-corrected chi connectivity index (χ0v) is 64.9. The van der Waals surface area contributed by atoms with Gasteiger partial charge in [-0.15, -0.1) is 0 Å². The number of rotatable bonds is 20. The van der Waals surface area contributed by atoms with E-state index in [1.807, 2.05) is 0 Å². The zero-order valence-electron chi connectivity index (χ0n) is 64.9. The molecule has 5 aliphatic carbocycles. The van der Waals surface area contributed by atoms with Gasteiger partial charge in [0.1, 0.15) is 42.3 Å². The highest BCUT2D eigenvalue weighted by atomic mass is 19.4. The number of pyridine rings is 3.